The maximum Gasteiger partial charge on any atom is 0.417 e. The van der Waals surface area contributed by atoms with Crippen LogP contribution < -0.4 is 9.64 Å². The van der Waals surface area contributed by atoms with Crippen molar-refractivity contribution in [3.8, 4) is 17.1 Å². The van der Waals surface area contributed by atoms with Crippen molar-refractivity contribution >= 4 is 5.82 Å². The number of methoxy groups -OCH3 is 1. The Balaban J connectivity index is 1.32. The molecule has 3 aromatic rings. The lowest BCUT2D eigenvalue weighted by Gasteiger charge is -2.34. The molecule has 0 bridgehead atoms. The van der Waals surface area contributed by atoms with Crippen LogP contribution in [0.3, 0.4) is 0 Å². The number of nitrogens with zero attached hydrogens (tertiary/aromatic N) is 5. The third kappa shape index (κ3) is 4.54. The van der Waals surface area contributed by atoms with Gasteiger partial charge in [0, 0.05) is 37.9 Å². The van der Waals surface area contributed by atoms with E-state index in [1.54, 1.807) is 7.11 Å². The Kier molecular flexibility index (Phi) is 5.58. The SMILES string of the molecule is COc1ccc(-c2noc(CN3CCN(c4ccc(C(F)(F)F)cn4)CC3)n2)cc1. The molecule has 7 nitrogen and oxygen atoms in total. The minimum atomic E-state index is -4.38. The molecule has 10 heteroatoms. The second-order valence-electron chi connectivity index (χ2n) is 6.91. The quantitative estimate of drug-likeness (QED) is 0.627. The molecule has 1 aromatic carbocycles. The summed E-state index contributed by atoms with van der Waals surface area (Å²) in [5, 5.41) is 4.03. The van der Waals surface area contributed by atoms with Crippen molar-refractivity contribution in [2.24, 2.45) is 0 Å². The zero-order valence-electron chi connectivity index (χ0n) is 16.3. The molecule has 0 saturated carbocycles. The Morgan fingerprint density at radius 3 is 2.37 bits per heavy atom. The molecule has 30 heavy (non-hydrogen) atoms. The summed E-state index contributed by atoms with van der Waals surface area (Å²) in [5.41, 5.74) is 0.0953. The van der Waals surface area contributed by atoms with Crippen LogP contribution in [-0.4, -0.2) is 53.3 Å². The molecule has 0 N–H and O–H groups in total. The molecule has 0 amide bonds. The molecule has 0 unspecified atom stereocenters. The number of benzene rings is 1. The van der Waals surface area contributed by atoms with E-state index >= 15 is 0 Å². The van der Waals surface area contributed by atoms with E-state index in [4.69, 9.17) is 9.26 Å². The van der Waals surface area contributed by atoms with E-state index in [1.807, 2.05) is 29.2 Å². The molecule has 0 radical (unpaired) electrons. The van der Waals surface area contributed by atoms with Gasteiger partial charge in [0.2, 0.25) is 11.7 Å². The Labute approximate surface area is 171 Å². The summed E-state index contributed by atoms with van der Waals surface area (Å²) in [6.07, 6.45) is -3.50. The van der Waals surface area contributed by atoms with E-state index in [0.29, 0.717) is 50.3 Å². The first-order valence-electron chi connectivity index (χ1n) is 9.40. The van der Waals surface area contributed by atoms with E-state index in [9.17, 15) is 13.2 Å². The Bertz CT molecular complexity index is 965. The fraction of sp³-hybridized carbons (Fsp3) is 0.350. The van der Waals surface area contributed by atoms with Gasteiger partial charge in [-0.1, -0.05) is 5.16 Å². The summed E-state index contributed by atoms with van der Waals surface area (Å²) in [6.45, 7) is 3.24. The molecule has 1 aliphatic heterocycles. The molecule has 4 rings (SSSR count). The van der Waals surface area contributed by atoms with Crippen LogP contribution in [0.15, 0.2) is 47.1 Å². The number of halogens is 3. The van der Waals surface area contributed by atoms with Gasteiger partial charge in [0.25, 0.3) is 0 Å². The van der Waals surface area contributed by atoms with Crippen LogP contribution in [0.25, 0.3) is 11.4 Å². The van der Waals surface area contributed by atoms with Gasteiger partial charge in [-0.3, -0.25) is 4.90 Å². The van der Waals surface area contributed by atoms with E-state index in [-0.39, 0.29) is 0 Å². The predicted molar refractivity (Wildman–Crippen MR) is 103 cm³/mol. The van der Waals surface area contributed by atoms with E-state index < -0.39 is 11.7 Å². The molecule has 0 atom stereocenters. The van der Waals surface area contributed by atoms with Gasteiger partial charge in [-0.05, 0) is 36.4 Å². The lowest BCUT2D eigenvalue weighted by molar-refractivity contribution is -0.137. The van der Waals surface area contributed by atoms with Gasteiger partial charge in [0.05, 0.1) is 19.2 Å². The lowest BCUT2D eigenvalue weighted by atomic mass is 10.2. The van der Waals surface area contributed by atoms with E-state index in [1.165, 1.54) is 6.07 Å². The Hall–Kier alpha value is -3.14. The third-order valence-electron chi connectivity index (χ3n) is 4.95. The first kappa shape index (κ1) is 20.1. The first-order valence-corrected chi connectivity index (χ1v) is 9.40. The number of aromatic nitrogens is 3. The zero-order chi connectivity index (χ0) is 21.1. The summed E-state index contributed by atoms with van der Waals surface area (Å²) >= 11 is 0. The fourth-order valence-electron chi connectivity index (χ4n) is 3.24. The smallest absolute Gasteiger partial charge is 0.417 e. The van der Waals surface area contributed by atoms with Crippen LogP contribution in [0.1, 0.15) is 11.5 Å². The molecule has 2 aromatic heterocycles. The maximum atomic E-state index is 12.7. The van der Waals surface area contributed by atoms with Gasteiger partial charge < -0.3 is 14.2 Å². The highest BCUT2D eigenvalue weighted by Crippen LogP contribution is 2.29. The van der Waals surface area contributed by atoms with Crippen LogP contribution in [0.2, 0.25) is 0 Å². The molecule has 0 aliphatic carbocycles. The van der Waals surface area contributed by atoms with Crippen molar-refractivity contribution in [3.05, 3.63) is 54.0 Å². The Morgan fingerprint density at radius 1 is 1.03 bits per heavy atom. The second kappa shape index (κ2) is 8.31. The average molecular weight is 419 g/mol. The number of piperazine rings is 1. The summed E-state index contributed by atoms with van der Waals surface area (Å²) in [6, 6.07) is 9.87. The summed E-state index contributed by atoms with van der Waals surface area (Å²) in [5.74, 6) is 2.33. The molecule has 0 spiro atoms. The molecule has 1 saturated heterocycles. The van der Waals surface area contributed by atoms with Crippen molar-refractivity contribution in [2.45, 2.75) is 12.7 Å². The lowest BCUT2D eigenvalue weighted by Crippen LogP contribution is -2.46. The monoisotopic (exact) mass is 419 g/mol. The van der Waals surface area contributed by atoms with Gasteiger partial charge in [-0.2, -0.15) is 18.2 Å². The maximum absolute atomic E-state index is 12.7. The molecule has 1 fully saturated rings. The van der Waals surface area contributed by atoms with Crippen LogP contribution in [-0.2, 0) is 12.7 Å². The van der Waals surface area contributed by atoms with Crippen molar-refractivity contribution in [1.82, 2.24) is 20.0 Å². The van der Waals surface area contributed by atoms with Crippen LogP contribution in [0.4, 0.5) is 19.0 Å². The highest BCUT2D eigenvalue weighted by Gasteiger charge is 2.31. The molecular formula is C20H20F3N5O2. The van der Waals surface area contributed by atoms with Crippen molar-refractivity contribution in [1.29, 1.82) is 0 Å². The Morgan fingerprint density at radius 2 is 1.77 bits per heavy atom. The topological polar surface area (TPSA) is 67.5 Å². The molecule has 158 valence electrons. The summed E-state index contributed by atoms with van der Waals surface area (Å²) in [4.78, 5) is 12.5. The van der Waals surface area contributed by atoms with Gasteiger partial charge in [0.15, 0.2) is 0 Å². The zero-order valence-corrected chi connectivity index (χ0v) is 16.3. The molecule has 3 heterocycles. The van der Waals surface area contributed by atoms with E-state index in [2.05, 4.69) is 20.0 Å². The van der Waals surface area contributed by atoms with Gasteiger partial charge in [0.1, 0.15) is 11.6 Å². The molecular weight excluding hydrogens is 399 g/mol. The number of ether oxygens (including phenoxy) is 1. The number of pyridine rings is 1. The van der Waals surface area contributed by atoms with Crippen molar-refractivity contribution < 1.29 is 22.4 Å². The van der Waals surface area contributed by atoms with Gasteiger partial charge in [-0.25, -0.2) is 4.98 Å². The standard InChI is InChI=1S/C20H20F3N5O2/c1-29-16-5-2-14(3-6-16)19-25-18(30-26-19)13-27-8-10-28(11-9-27)17-7-4-15(12-24-17)20(21,22)23/h2-7,12H,8-11,13H2,1H3. The second-order valence-corrected chi connectivity index (χ2v) is 6.91. The minimum Gasteiger partial charge on any atom is -0.497 e. The third-order valence-corrected chi connectivity index (χ3v) is 4.95. The number of hydrogen-bond acceptors (Lipinski definition) is 7. The number of hydrogen-bond donors (Lipinski definition) is 0. The first-order chi connectivity index (χ1) is 14.4. The summed E-state index contributed by atoms with van der Waals surface area (Å²) in [7, 11) is 1.61. The predicted octanol–water partition coefficient (Wildman–Crippen LogP) is 3.48. The largest absolute Gasteiger partial charge is 0.497 e. The highest BCUT2D eigenvalue weighted by molar-refractivity contribution is 5.55. The number of alkyl halides is 3. The van der Waals surface area contributed by atoms with E-state index in [0.717, 1.165) is 23.6 Å². The number of rotatable bonds is 5. The summed E-state index contributed by atoms with van der Waals surface area (Å²) < 4.78 is 48.5. The normalized spacial score (nSPS) is 15.4. The highest BCUT2D eigenvalue weighted by atomic mass is 19.4. The van der Waals surface area contributed by atoms with Crippen molar-refractivity contribution in [3.63, 3.8) is 0 Å². The van der Waals surface area contributed by atoms with Crippen molar-refractivity contribution in [2.75, 3.05) is 38.2 Å². The fourth-order valence-corrected chi connectivity index (χ4v) is 3.24. The van der Waals surface area contributed by atoms with Gasteiger partial charge in [-0.15, -0.1) is 0 Å². The number of anilines is 1. The van der Waals surface area contributed by atoms with Crippen LogP contribution in [0.5, 0.6) is 5.75 Å². The van der Waals surface area contributed by atoms with Gasteiger partial charge >= 0.3 is 6.18 Å². The minimum absolute atomic E-state index is 0.511. The van der Waals surface area contributed by atoms with Crippen LogP contribution in [0, 0.1) is 0 Å². The average Bonchev–Trinajstić information content (AvgIpc) is 3.22. The van der Waals surface area contributed by atoms with Crippen LogP contribution >= 0.6 is 0 Å². The molecule has 1 aliphatic rings.